The second-order valence-corrected chi connectivity index (χ2v) is 8.41. The van der Waals surface area contributed by atoms with E-state index in [0.717, 1.165) is 21.2 Å². The Kier molecular flexibility index (Phi) is 5.52. The summed E-state index contributed by atoms with van der Waals surface area (Å²) in [4.78, 5) is 38.2. The Morgan fingerprint density at radius 1 is 1.10 bits per heavy atom. The van der Waals surface area contributed by atoms with Crippen LogP contribution >= 0.6 is 0 Å². The van der Waals surface area contributed by atoms with E-state index in [4.69, 9.17) is 4.55 Å². The highest BCUT2D eigenvalue weighted by Gasteiger charge is 2.49. The zero-order chi connectivity index (χ0) is 22.2. The highest BCUT2D eigenvalue weighted by atomic mass is 32.3. The number of hydrazine groups is 1. The number of hydroxylamine groups is 2. The monoisotopic (exact) mass is 448 g/mol. The lowest BCUT2D eigenvalue weighted by molar-refractivity contribution is -0.131. The van der Waals surface area contributed by atoms with Gasteiger partial charge in [0.1, 0.15) is 6.04 Å². The largest absolute Gasteiger partial charge is 0.418 e. The molecule has 2 saturated heterocycles. The van der Waals surface area contributed by atoms with Gasteiger partial charge in [0.15, 0.2) is 0 Å². The zero-order valence-corrected chi connectivity index (χ0v) is 17.0. The van der Waals surface area contributed by atoms with Crippen LogP contribution < -0.4 is 10.9 Å². The van der Waals surface area contributed by atoms with Crippen molar-refractivity contribution >= 4 is 39.0 Å². The smallest absolute Gasteiger partial charge is 0.309 e. The third-order valence-corrected chi connectivity index (χ3v) is 5.65. The molecule has 0 saturated carbocycles. The van der Waals surface area contributed by atoms with Gasteiger partial charge in [0.2, 0.25) is 5.91 Å². The summed E-state index contributed by atoms with van der Waals surface area (Å²) in [7, 11) is -4.86. The predicted molar refractivity (Wildman–Crippen MR) is 107 cm³/mol. The number of amides is 4. The predicted octanol–water partition coefficient (Wildman–Crippen LogP) is 0.533. The summed E-state index contributed by atoms with van der Waals surface area (Å²) in [5, 5.41) is 2.61. The average Bonchev–Trinajstić information content (AvgIpc) is 2.95. The Morgan fingerprint density at radius 3 is 2.58 bits per heavy atom. The first-order valence-corrected chi connectivity index (χ1v) is 10.9. The lowest BCUT2D eigenvalue weighted by Gasteiger charge is -2.29. The number of hydrogen-bond donors (Lipinski definition) is 3. The summed E-state index contributed by atoms with van der Waals surface area (Å²) >= 11 is 0. The third-order valence-electron chi connectivity index (χ3n) is 5.30. The van der Waals surface area contributed by atoms with Crippen molar-refractivity contribution in [2.24, 2.45) is 0 Å². The molecule has 0 unspecified atom stereocenters. The number of nitrogens with one attached hydrogen (secondary N) is 2. The summed E-state index contributed by atoms with van der Waals surface area (Å²) in [5.41, 5.74) is 5.43. The van der Waals surface area contributed by atoms with Crippen LogP contribution in [0.15, 0.2) is 42.5 Å². The molecule has 0 aromatic heterocycles. The molecule has 31 heavy (non-hydrogen) atoms. The Morgan fingerprint density at radius 2 is 1.84 bits per heavy atom. The Bertz CT molecular complexity index is 1150. The van der Waals surface area contributed by atoms with E-state index in [0.29, 0.717) is 11.5 Å². The van der Waals surface area contributed by atoms with Gasteiger partial charge in [-0.05, 0) is 29.2 Å². The first-order chi connectivity index (χ1) is 14.7. The quantitative estimate of drug-likeness (QED) is 0.447. The summed E-state index contributed by atoms with van der Waals surface area (Å²) in [6.07, 6.45) is 0.589. The first-order valence-electron chi connectivity index (χ1n) is 9.54. The highest BCUT2D eigenvalue weighted by Crippen LogP contribution is 2.30. The molecule has 2 fully saturated rings. The zero-order valence-electron chi connectivity index (χ0n) is 16.2. The van der Waals surface area contributed by atoms with E-state index in [1.165, 1.54) is 0 Å². The molecular weight excluding hydrogens is 428 g/mol. The standard InChI is InChI=1S/C19H20N4O7S/c24-17(10-12-5-6-13-3-1-2-4-14(13)9-12)20-21-18(25)16-8-7-15-11-22(16)19(26)23(15)30-31(27,28)29/h1-6,9,15-16H,7-8,10-11H2,(H,20,24)(H,21,25)(H,27,28,29)/t15-,16+/m0/s1. The molecule has 11 nitrogen and oxygen atoms in total. The van der Waals surface area contributed by atoms with Crippen molar-refractivity contribution in [2.75, 3.05) is 6.54 Å². The fraction of sp³-hybridized carbons (Fsp3) is 0.316. The van der Waals surface area contributed by atoms with E-state index >= 15 is 0 Å². The Balaban J connectivity index is 1.33. The van der Waals surface area contributed by atoms with Crippen molar-refractivity contribution in [3.05, 3.63) is 48.0 Å². The van der Waals surface area contributed by atoms with Crippen LogP contribution in [-0.2, 0) is 30.7 Å². The molecule has 2 aliphatic rings. The fourth-order valence-corrected chi connectivity index (χ4v) is 4.29. The summed E-state index contributed by atoms with van der Waals surface area (Å²) in [6, 6.07) is 11.0. The molecule has 2 aliphatic heterocycles. The molecule has 4 rings (SSSR count). The van der Waals surface area contributed by atoms with E-state index in [9.17, 15) is 22.8 Å². The van der Waals surface area contributed by atoms with Crippen LogP contribution in [0.2, 0.25) is 0 Å². The molecule has 3 N–H and O–H groups in total. The number of carbonyl (C=O) groups is 3. The van der Waals surface area contributed by atoms with E-state index in [2.05, 4.69) is 15.1 Å². The van der Waals surface area contributed by atoms with E-state index in [1.807, 2.05) is 42.5 Å². The maximum absolute atomic E-state index is 12.5. The van der Waals surface area contributed by atoms with Crippen molar-refractivity contribution in [1.82, 2.24) is 20.8 Å². The van der Waals surface area contributed by atoms with Crippen molar-refractivity contribution in [1.29, 1.82) is 0 Å². The van der Waals surface area contributed by atoms with Crippen LogP contribution in [0.3, 0.4) is 0 Å². The number of rotatable bonds is 5. The molecule has 2 heterocycles. The third kappa shape index (κ3) is 4.60. The molecule has 2 aromatic carbocycles. The minimum atomic E-state index is -4.86. The van der Waals surface area contributed by atoms with Crippen LogP contribution in [0, 0.1) is 0 Å². The number of piperidine rings is 1. The van der Waals surface area contributed by atoms with Crippen molar-refractivity contribution in [3.63, 3.8) is 0 Å². The molecule has 2 bridgehead atoms. The van der Waals surface area contributed by atoms with Crippen LogP contribution in [0.1, 0.15) is 18.4 Å². The Hall–Kier alpha value is -3.22. The number of benzene rings is 2. The molecule has 2 atom stereocenters. The number of carbonyl (C=O) groups excluding carboxylic acids is 3. The van der Waals surface area contributed by atoms with Gasteiger partial charge in [-0.25, -0.2) is 4.79 Å². The van der Waals surface area contributed by atoms with Gasteiger partial charge in [0.25, 0.3) is 5.91 Å². The van der Waals surface area contributed by atoms with Crippen LogP contribution in [0.25, 0.3) is 10.8 Å². The van der Waals surface area contributed by atoms with Gasteiger partial charge in [-0.3, -0.25) is 25.0 Å². The summed E-state index contributed by atoms with van der Waals surface area (Å²) < 4.78 is 35.0. The molecule has 4 amide bonds. The van der Waals surface area contributed by atoms with Crippen LogP contribution in [-0.4, -0.2) is 59.4 Å². The van der Waals surface area contributed by atoms with Gasteiger partial charge in [-0.1, -0.05) is 42.5 Å². The second kappa shape index (κ2) is 8.13. The molecule has 0 spiro atoms. The molecule has 12 heteroatoms. The van der Waals surface area contributed by atoms with E-state index < -0.39 is 40.3 Å². The lowest BCUT2D eigenvalue weighted by Crippen LogP contribution is -2.54. The summed E-state index contributed by atoms with van der Waals surface area (Å²) in [6.45, 7) is 0.0669. The minimum Gasteiger partial charge on any atom is -0.309 e. The van der Waals surface area contributed by atoms with Gasteiger partial charge in [-0.15, -0.1) is 4.28 Å². The highest BCUT2D eigenvalue weighted by molar-refractivity contribution is 7.80. The van der Waals surface area contributed by atoms with Gasteiger partial charge in [0.05, 0.1) is 12.5 Å². The van der Waals surface area contributed by atoms with Crippen molar-refractivity contribution in [2.45, 2.75) is 31.3 Å². The number of urea groups is 1. The number of hydrogen-bond acceptors (Lipinski definition) is 6. The average molecular weight is 448 g/mol. The maximum Gasteiger partial charge on any atom is 0.418 e. The number of nitrogens with zero attached hydrogens (tertiary/aromatic N) is 2. The van der Waals surface area contributed by atoms with E-state index in [-0.39, 0.29) is 19.4 Å². The molecule has 2 aromatic rings. The lowest BCUT2D eigenvalue weighted by atomic mass is 10.0. The van der Waals surface area contributed by atoms with Crippen molar-refractivity contribution in [3.8, 4) is 0 Å². The molecule has 164 valence electrons. The van der Waals surface area contributed by atoms with Crippen molar-refractivity contribution < 1.29 is 31.6 Å². The number of fused-ring (bicyclic) bond motifs is 3. The summed E-state index contributed by atoms with van der Waals surface area (Å²) in [5.74, 6) is -1.03. The van der Waals surface area contributed by atoms with Gasteiger partial charge in [-0.2, -0.15) is 13.5 Å². The van der Waals surface area contributed by atoms with Gasteiger partial charge < -0.3 is 4.90 Å². The SMILES string of the molecule is O=C(Cc1ccc2ccccc2c1)NNC(=O)[C@H]1CC[C@H]2CN1C(=O)N2OS(=O)(=O)O. The molecule has 0 aliphatic carbocycles. The fourth-order valence-electron chi connectivity index (χ4n) is 3.90. The van der Waals surface area contributed by atoms with Gasteiger partial charge >= 0.3 is 16.4 Å². The van der Waals surface area contributed by atoms with Crippen LogP contribution in [0.4, 0.5) is 4.79 Å². The Labute approximate surface area is 177 Å². The second-order valence-electron chi connectivity index (χ2n) is 7.41. The van der Waals surface area contributed by atoms with Gasteiger partial charge in [0, 0.05) is 6.54 Å². The minimum absolute atomic E-state index is 0.0521. The maximum atomic E-state index is 12.5. The normalized spacial score (nSPS) is 20.7. The molecular formula is C19H20N4O7S. The molecule has 0 radical (unpaired) electrons. The van der Waals surface area contributed by atoms with E-state index in [1.54, 1.807) is 0 Å². The first kappa shape index (κ1) is 21.0. The van der Waals surface area contributed by atoms with Crippen LogP contribution in [0.5, 0.6) is 0 Å². The topological polar surface area (TPSA) is 145 Å².